The van der Waals surface area contributed by atoms with Crippen LogP contribution in [0.25, 0.3) is 21.7 Å². The molecule has 0 saturated carbocycles. The van der Waals surface area contributed by atoms with Crippen molar-refractivity contribution in [1.29, 1.82) is 0 Å². The highest BCUT2D eigenvalue weighted by atomic mass is 16.4. The molecule has 3 rings (SSSR count). The second-order valence-electron chi connectivity index (χ2n) is 5.30. The van der Waals surface area contributed by atoms with E-state index in [0.29, 0.717) is 11.0 Å². The fourth-order valence-corrected chi connectivity index (χ4v) is 2.58. The fourth-order valence-electron chi connectivity index (χ4n) is 2.58. The molecule has 1 atom stereocenters. The van der Waals surface area contributed by atoms with Crippen molar-refractivity contribution >= 4 is 21.7 Å². The average Bonchev–Trinajstić information content (AvgIpc) is 2.46. The first kappa shape index (κ1) is 12.9. The smallest absolute Gasteiger partial charge is 0.344 e. The first-order valence-electron chi connectivity index (χ1n) is 6.70. The first-order chi connectivity index (χ1) is 9.59. The quantitative estimate of drug-likeness (QED) is 0.525. The van der Waals surface area contributed by atoms with Crippen molar-refractivity contribution < 1.29 is 4.42 Å². The van der Waals surface area contributed by atoms with E-state index < -0.39 is 0 Å². The lowest BCUT2D eigenvalue weighted by Crippen LogP contribution is -2.17. The minimum absolute atomic E-state index is 0.245. The second kappa shape index (κ2) is 4.76. The molecule has 0 radical (unpaired) electrons. The largest absolute Gasteiger partial charge is 0.422 e. The topological polar surface area (TPSA) is 33.5 Å². The number of hydrogen-bond acceptors (Lipinski definition) is 3. The lowest BCUT2D eigenvalue weighted by Gasteiger charge is -2.22. The van der Waals surface area contributed by atoms with Crippen LogP contribution < -0.4 is 5.63 Å². The zero-order valence-corrected chi connectivity index (χ0v) is 11.9. The zero-order chi connectivity index (χ0) is 14.3. The summed E-state index contributed by atoms with van der Waals surface area (Å²) in [4.78, 5) is 14.2. The van der Waals surface area contributed by atoms with Gasteiger partial charge in [-0.05, 0) is 38.7 Å². The fraction of sp³-hybridized carbons (Fsp3) is 0.235. The van der Waals surface area contributed by atoms with Gasteiger partial charge in [-0.1, -0.05) is 30.3 Å². The van der Waals surface area contributed by atoms with Gasteiger partial charge in [-0.15, -0.1) is 0 Å². The van der Waals surface area contributed by atoms with Crippen LogP contribution >= 0.6 is 0 Å². The second-order valence-corrected chi connectivity index (χ2v) is 5.30. The Kier molecular flexibility index (Phi) is 3.07. The molecule has 2 aromatic carbocycles. The van der Waals surface area contributed by atoms with Gasteiger partial charge in [-0.25, -0.2) is 4.79 Å². The maximum atomic E-state index is 12.0. The highest BCUT2D eigenvalue weighted by Crippen LogP contribution is 2.31. The van der Waals surface area contributed by atoms with E-state index in [9.17, 15) is 4.79 Å². The van der Waals surface area contributed by atoms with Gasteiger partial charge in [0.25, 0.3) is 0 Å². The number of nitrogens with zero attached hydrogens (tertiary/aromatic N) is 1. The van der Waals surface area contributed by atoms with Crippen molar-refractivity contribution in [3.8, 4) is 0 Å². The van der Waals surface area contributed by atoms with Crippen LogP contribution in [0.3, 0.4) is 0 Å². The Morgan fingerprint density at radius 3 is 2.40 bits per heavy atom. The van der Waals surface area contributed by atoms with Crippen LogP contribution in [0.4, 0.5) is 0 Å². The van der Waals surface area contributed by atoms with Crippen LogP contribution in [0.1, 0.15) is 18.5 Å². The minimum atomic E-state index is -0.275. The van der Waals surface area contributed by atoms with Crippen molar-refractivity contribution in [2.24, 2.45) is 0 Å². The molecule has 0 unspecified atom stereocenters. The summed E-state index contributed by atoms with van der Waals surface area (Å²) in [5.41, 5.74) is 1.55. The number of fused-ring (bicyclic) bond motifs is 3. The number of hydrogen-bond donors (Lipinski definition) is 0. The lowest BCUT2D eigenvalue weighted by atomic mass is 9.98. The highest BCUT2D eigenvalue weighted by molar-refractivity contribution is 6.06. The predicted molar refractivity (Wildman–Crippen MR) is 82.1 cm³/mol. The van der Waals surface area contributed by atoms with Gasteiger partial charge in [0, 0.05) is 16.8 Å². The Hall–Kier alpha value is -2.13. The molecule has 0 spiro atoms. The first-order valence-corrected chi connectivity index (χ1v) is 6.70. The third-order valence-corrected chi connectivity index (χ3v) is 3.90. The molecular weight excluding hydrogens is 250 g/mol. The summed E-state index contributed by atoms with van der Waals surface area (Å²) >= 11 is 0. The van der Waals surface area contributed by atoms with Gasteiger partial charge in [-0.2, -0.15) is 0 Å². The third-order valence-electron chi connectivity index (χ3n) is 3.90. The Morgan fingerprint density at radius 2 is 1.70 bits per heavy atom. The SMILES string of the molecule is C[C@H](c1cccc2oc(=O)c3ccccc3c12)N(C)C. The molecule has 0 N–H and O–H groups in total. The molecule has 1 aromatic heterocycles. The van der Waals surface area contributed by atoms with Gasteiger partial charge < -0.3 is 9.32 Å². The summed E-state index contributed by atoms with van der Waals surface area (Å²) in [6.45, 7) is 2.15. The maximum Gasteiger partial charge on any atom is 0.344 e. The third kappa shape index (κ3) is 1.91. The molecule has 1 heterocycles. The van der Waals surface area contributed by atoms with E-state index in [4.69, 9.17) is 4.42 Å². The minimum Gasteiger partial charge on any atom is -0.422 e. The van der Waals surface area contributed by atoms with E-state index in [2.05, 4.69) is 17.9 Å². The van der Waals surface area contributed by atoms with E-state index in [0.717, 1.165) is 10.8 Å². The van der Waals surface area contributed by atoms with Crippen LogP contribution in [0.5, 0.6) is 0 Å². The molecular formula is C17H17NO2. The number of benzene rings is 2. The monoisotopic (exact) mass is 267 g/mol. The molecule has 0 fully saturated rings. The van der Waals surface area contributed by atoms with Gasteiger partial charge >= 0.3 is 5.63 Å². The van der Waals surface area contributed by atoms with Gasteiger partial charge in [0.05, 0.1) is 5.39 Å². The molecule has 0 aliphatic carbocycles. The molecule has 0 bridgehead atoms. The molecule has 20 heavy (non-hydrogen) atoms. The Balaban J connectivity index is 2.50. The van der Waals surface area contributed by atoms with Crippen molar-refractivity contribution in [3.05, 3.63) is 58.4 Å². The van der Waals surface area contributed by atoms with Crippen LogP contribution in [-0.2, 0) is 0 Å². The van der Waals surface area contributed by atoms with Gasteiger partial charge in [0.15, 0.2) is 0 Å². The molecule has 3 aromatic rings. The van der Waals surface area contributed by atoms with E-state index in [-0.39, 0.29) is 11.7 Å². The van der Waals surface area contributed by atoms with Crippen molar-refractivity contribution in [3.63, 3.8) is 0 Å². The molecule has 0 saturated heterocycles. The van der Waals surface area contributed by atoms with E-state index in [1.807, 2.05) is 50.5 Å². The van der Waals surface area contributed by atoms with Crippen molar-refractivity contribution in [2.45, 2.75) is 13.0 Å². The highest BCUT2D eigenvalue weighted by Gasteiger charge is 2.15. The van der Waals surface area contributed by atoms with Crippen LogP contribution in [-0.4, -0.2) is 19.0 Å². The van der Waals surface area contributed by atoms with Gasteiger partial charge in [-0.3, -0.25) is 0 Å². The zero-order valence-electron chi connectivity index (χ0n) is 11.9. The molecule has 0 aliphatic heterocycles. The maximum absolute atomic E-state index is 12.0. The molecule has 3 nitrogen and oxygen atoms in total. The summed E-state index contributed by atoms with van der Waals surface area (Å²) in [7, 11) is 4.09. The Bertz CT molecular complexity index is 833. The van der Waals surface area contributed by atoms with E-state index in [1.165, 1.54) is 5.56 Å². The summed E-state index contributed by atoms with van der Waals surface area (Å²) in [6, 6.07) is 13.8. The van der Waals surface area contributed by atoms with E-state index >= 15 is 0 Å². The molecule has 102 valence electrons. The molecule has 0 amide bonds. The average molecular weight is 267 g/mol. The summed E-state index contributed by atoms with van der Waals surface area (Å²) in [6.07, 6.45) is 0. The Labute approximate surface area is 117 Å². The number of rotatable bonds is 2. The van der Waals surface area contributed by atoms with Crippen LogP contribution in [0.15, 0.2) is 51.7 Å². The molecule has 3 heteroatoms. The van der Waals surface area contributed by atoms with E-state index in [1.54, 1.807) is 0 Å². The van der Waals surface area contributed by atoms with Crippen molar-refractivity contribution in [1.82, 2.24) is 4.90 Å². The van der Waals surface area contributed by atoms with Crippen LogP contribution in [0.2, 0.25) is 0 Å². The standard InChI is InChI=1S/C17H17NO2/c1-11(18(2)3)12-9-6-10-15-16(12)13-7-4-5-8-14(13)17(19)20-15/h4-11H,1-3H3/t11-/m1/s1. The van der Waals surface area contributed by atoms with Gasteiger partial charge in [0.1, 0.15) is 5.58 Å². The molecule has 0 aliphatic rings. The Morgan fingerprint density at radius 1 is 1.00 bits per heavy atom. The predicted octanol–water partition coefficient (Wildman–Crippen LogP) is 3.57. The summed E-state index contributed by atoms with van der Waals surface area (Å²) in [5, 5.41) is 2.63. The summed E-state index contributed by atoms with van der Waals surface area (Å²) in [5.74, 6) is 0. The van der Waals surface area contributed by atoms with Gasteiger partial charge in [0.2, 0.25) is 0 Å². The van der Waals surface area contributed by atoms with Crippen molar-refractivity contribution in [2.75, 3.05) is 14.1 Å². The van der Waals surface area contributed by atoms with Crippen LogP contribution in [0, 0.1) is 0 Å². The summed E-state index contributed by atoms with van der Waals surface area (Å²) < 4.78 is 5.47. The normalized spacial score (nSPS) is 13.2. The lowest BCUT2D eigenvalue weighted by molar-refractivity contribution is 0.323.